The molecule has 0 saturated heterocycles. The van der Waals surface area contributed by atoms with E-state index in [1.807, 2.05) is 13.8 Å². The van der Waals surface area contributed by atoms with Crippen LogP contribution in [0.15, 0.2) is 0 Å². The number of hydrogen-bond donors (Lipinski definition) is 3. The second-order valence-corrected chi connectivity index (χ2v) is 4.52. The number of nitrogens with one attached hydrogen (secondary N) is 2. The zero-order chi connectivity index (χ0) is 15.5. The average molecular weight is 288 g/mol. The van der Waals surface area contributed by atoms with Crippen LogP contribution in [0.1, 0.15) is 46.0 Å². The van der Waals surface area contributed by atoms with Crippen LogP contribution in [0.3, 0.4) is 0 Å². The first-order chi connectivity index (χ1) is 9.44. The predicted molar refractivity (Wildman–Crippen MR) is 73.3 cm³/mol. The molecular formula is C13H24N2O5. The molecule has 0 rings (SSSR count). The van der Waals surface area contributed by atoms with Crippen LogP contribution in [0.25, 0.3) is 0 Å². The number of carboxylic acids is 1. The Balaban J connectivity index is 4.33. The fraction of sp³-hybridized carbons (Fsp3) is 0.769. The van der Waals surface area contributed by atoms with Crippen LogP contribution in [-0.2, 0) is 14.3 Å². The second-order valence-electron chi connectivity index (χ2n) is 4.52. The largest absolute Gasteiger partial charge is 0.480 e. The topological polar surface area (TPSA) is 105 Å². The molecule has 2 amide bonds. The van der Waals surface area contributed by atoms with E-state index in [9.17, 15) is 14.4 Å². The SMILES string of the molecule is CCCC(CC)NC(=O)N[C@H](CCC(=O)OC)C(=O)O. The van der Waals surface area contributed by atoms with Gasteiger partial charge in [0, 0.05) is 12.5 Å². The van der Waals surface area contributed by atoms with Crippen LogP contribution in [0.5, 0.6) is 0 Å². The van der Waals surface area contributed by atoms with Crippen molar-refractivity contribution in [3.63, 3.8) is 0 Å². The summed E-state index contributed by atoms with van der Waals surface area (Å²) in [5, 5.41) is 14.1. The van der Waals surface area contributed by atoms with Crippen molar-refractivity contribution in [1.82, 2.24) is 10.6 Å². The molecule has 0 aliphatic carbocycles. The van der Waals surface area contributed by atoms with Gasteiger partial charge in [-0.2, -0.15) is 0 Å². The van der Waals surface area contributed by atoms with Crippen molar-refractivity contribution in [2.24, 2.45) is 0 Å². The molecule has 0 spiro atoms. The molecule has 0 aliphatic heterocycles. The van der Waals surface area contributed by atoms with Crippen LogP contribution in [-0.4, -0.2) is 42.3 Å². The first kappa shape index (κ1) is 18.2. The summed E-state index contributed by atoms with van der Waals surface area (Å²) in [5.74, 6) is -1.68. The maximum Gasteiger partial charge on any atom is 0.326 e. The van der Waals surface area contributed by atoms with Crippen molar-refractivity contribution in [2.45, 2.75) is 58.0 Å². The normalized spacial score (nSPS) is 13.2. The Morgan fingerprint density at radius 2 is 1.80 bits per heavy atom. The molecule has 0 fully saturated rings. The predicted octanol–water partition coefficient (Wildman–Crippen LogP) is 1.27. The van der Waals surface area contributed by atoms with Gasteiger partial charge in [-0.15, -0.1) is 0 Å². The van der Waals surface area contributed by atoms with E-state index in [0.29, 0.717) is 0 Å². The van der Waals surface area contributed by atoms with Crippen LogP contribution >= 0.6 is 0 Å². The maximum atomic E-state index is 11.7. The molecule has 0 bridgehead atoms. The third-order valence-electron chi connectivity index (χ3n) is 2.93. The van der Waals surface area contributed by atoms with E-state index in [0.717, 1.165) is 19.3 Å². The number of methoxy groups -OCH3 is 1. The smallest absolute Gasteiger partial charge is 0.326 e. The third kappa shape index (κ3) is 7.60. The van der Waals surface area contributed by atoms with Crippen LogP contribution in [0, 0.1) is 0 Å². The number of carboxylic acid groups (broad SMARTS) is 1. The lowest BCUT2D eigenvalue weighted by molar-refractivity contribution is -0.142. The molecule has 0 heterocycles. The zero-order valence-electron chi connectivity index (χ0n) is 12.3. The van der Waals surface area contributed by atoms with Crippen molar-refractivity contribution in [3.8, 4) is 0 Å². The lowest BCUT2D eigenvalue weighted by Gasteiger charge is -2.19. The quantitative estimate of drug-likeness (QED) is 0.554. The molecular weight excluding hydrogens is 264 g/mol. The summed E-state index contributed by atoms with van der Waals surface area (Å²) in [6.07, 6.45) is 2.49. The van der Waals surface area contributed by atoms with Crippen LogP contribution in [0.4, 0.5) is 4.79 Å². The molecule has 2 atom stereocenters. The molecule has 0 aromatic carbocycles. The minimum absolute atomic E-state index is 0.00000386. The lowest BCUT2D eigenvalue weighted by atomic mass is 10.1. The number of ether oxygens (including phenoxy) is 1. The molecule has 0 aromatic heterocycles. The highest BCUT2D eigenvalue weighted by molar-refractivity contribution is 5.83. The lowest BCUT2D eigenvalue weighted by Crippen LogP contribution is -2.49. The van der Waals surface area contributed by atoms with Gasteiger partial charge in [0.25, 0.3) is 0 Å². The molecule has 0 aliphatic rings. The van der Waals surface area contributed by atoms with Gasteiger partial charge in [-0.3, -0.25) is 4.79 Å². The van der Waals surface area contributed by atoms with Crippen molar-refractivity contribution in [1.29, 1.82) is 0 Å². The summed E-state index contributed by atoms with van der Waals surface area (Å²) >= 11 is 0. The Hall–Kier alpha value is -1.79. The molecule has 0 radical (unpaired) electrons. The summed E-state index contributed by atoms with van der Waals surface area (Å²) in [5.41, 5.74) is 0. The Kier molecular flexibility index (Phi) is 9.15. The molecule has 3 N–H and O–H groups in total. The maximum absolute atomic E-state index is 11.7. The van der Waals surface area contributed by atoms with Gasteiger partial charge >= 0.3 is 18.0 Å². The van der Waals surface area contributed by atoms with Gasteiger partial charge in [-0.05, 0) is 19.3 Å². The number of carbonyl (C=O) groups is 3. The molecule has 116 valence electrons. The van der Waals surface area contributed by atoms with E-state index in [1.54, 1.807) is 0 Å². The van der Waals surface area contributed by atoms with Crippen molar-refractivity contribution >= 4 is 18.0 Å². The minimum atomic E-state index is -1.17. The summed E-state index contributed by atoms with van der Waals surface area (Å²) in [7, 11) is 1.23. The molecule has 7 heteroatoms. The fourth-order valence-corrected chi connectivity index (χ4v) is 1.73. The molecule has 0 saturated carbocycles. The van der Waals surface area contributed by atoms with Gasteiger partial charge in [0.1, 0.15) is 6.04 Å². The number of amides is 2. The minimum Gasteiger partial charge on any atom is -0.480 e. The highest BCUT2D eigenvalue weighted by atomic mass is 16.5. The Morgan fingerprint density at radius 3 is 2.25 bits per heavy atom. The van der Waals surface area contributed by atoms with E-state index in [2.05, 4.69) is 15.4 Å². The number of carbonyl (C=O) groups excluding carboxylic acids is 2. The standard InChI is InChI=1S/C13H24N2O5/c1-4-6-9(5-2)14-13(19)15-10(12(17)18)7-8-11(16)20-3/h9-10H,4-8H2,1-3H3,(H,17,18)(H2,14,15,19)/t9?,10-/m1/s1. The summed E-state index contributed by atoms with van der Waals surface area (Å²) < 4.78 is 4.44. The van der Waals surface area contributed by atoms with E-state index in [4.69, 9.17) is 5.11 Å². The van der Waals surface area contributed by atoms with Gasteiger partial charge in [0.05, 0.1) is 7.11 Å². The van der Waals surface area contributed by atoms with Gasteiger partial charge in [0.2, 0.25) is 0 Å². The highest BCUT2D eigenvalue weighted by Gasteiger charge is 2.22. The van der Waals surface area contributed by atoms with E-state index >= 15 is 0 Å². The van der Waals surface area contributed by atoms with Gasteiger partial charge in [-0.25, -0.2) is 9.59 Å². The third-order valence-corrected chi connectivity index (χ3v) is 2.93. The monoisotopic (exact) mass is 288 g/mol. The van der Waals surface area contributed by atoms with E-state index in [1.165, 1.54) is 7.11 Å². The first-order valence-electron chi connectivity index (χ1n) is 6.81. The van der Waals surface area contributed by atoms with Gasteiger partial charge in [0.15, 0.2) is 0 Å². The van der Waals surface area contributed by atoms with Gasteiger partial charge < -0.3 is 20.5 Å². The summed E-state index contributed by atoms with van der Waals surface area (Å²) in [4.78, 5) is 33.7. The highest BCUT2D eigenvalue weighted by Crippen LogP contribution is 2.02. The van der Waals surface area contributed by atoms with E-state index in [-0.39, 0.29) is 18.9 Å². The second kappa shape index (κ2) is 10.1. The summed E-state index contributed by atoms with van der Waals surface area (Å²) in [6, 6.07) is -1.61. The average Bonchev–Trinajstić information content (AvgIpc) is 2.41. The van der Waals surface area contributed by atoms with Gasteiger partial charge in [-0.1, -0.05) is 20.3 Å². The molecule has 20 heavy (non-hydrogen) atoms. The first-order valence-corrected chi connectivity index (χ1v) is 6.81. The van der Waals surface area contributed by atoms with Crippen LogP contribution in [0.2, 0.25) is 0 Å². The Labute approximate surface area is 119 Å². The van der Waals surface area contributed by atoms with Crippen LogP contribution < -0.4 is 10.6 Å². The molecule has 1 unspecified atom stereocenters. The zero-order valence-corrected chi connectivity index (χ0v) is 12.3. The van der Waals surface area contributed by atoms with Crippen molar-refractivity contribution in [2.75, 3.05) is 7.11 Å². The number of esters is 1. The van der Waals surface area contributed by atoms with Crippen molar-refractivity contribution < 1.29 is 24.2 Å². The Bertz CT molecular complexity index is 333. The fourth-order valence-electron chi connectivity index (χ4n) is 1.73. The van der Waals surface area contributed by atoms with Crippen molar-refractivity contribution in [3.05, 3.63) is 0 Å². The molecule has 7 nitrogen and oxygen atoms in total. The number of hydrogen-bond acceptors (Lipinski definition) is 4. The summed E-state index contributed by atoms with van der Waals surface area (Å²) in [6.45, 7) is 3.96. The number of urea groups is 1. The number of rotatable bonds is 9. The molecule has 0 aromatic rings. The number of aliphatic carboxylic acids is 1. The Morgan fingerprint density at radius 1 is 1.15 bits per heavy atom. The van der Waals surface area contributed by atoms with E-state index < -0.39 is 24.0 Å².